The number of hydrogen-bond donors (Lipinski definition) is 1. The van der Waals surface area contributed by atoms with Crippen LogP contribution in [-0.4, -0.2) is 91.3 Å². The molecule has 2 fully saturated rings. The standard InChI is InChI=1S/C18H28N4O6S/c1-13-10-22(11-14(2)28-13)29(25,26)21-7-5-20(6-8-21)18(24)15(3)19-17(23)16-4-9-27-12-16/h4,9,12-15H,5-8,10-11H2,1-3H3,(H,19,23). The number of hydrogen-bond acceptors (Lipinski definition) is 6. The largest absolute Gasteiger partial charge is 0.472 e. The number of carbonyl (C=O) groups excluding carboxylic acids is 2. The van der Waals surface area contributed by atoms with Crippen LogP contribution in [-0.2, 0) is 19.7 Å². The van der Waals surface area contributed by atoms with E-state index >= 15 is 0 Å². The van der Waals surface area contributed by atoms with Crippen molar-refractivity contribution in [1.82, 2.24) is 18.8 Å². The van der Waals surface area contributed by atoms with Gasteiger partial charge in [-0.3, -0.25) is 9.59 Å². The molecule has 29 heavy (non-hydrogen) atoms. The van der Waals surface area contributed by atoms with Gasteiger partial charge in [-0.15, -0.1) is 0 Å². The van der Waals surface area contributed by atoms with Crippen LogP contribution in [0.25, 0.3) is 0 Å². The van der Waals surface area contributed by atoms with E-state index in [2.05, 4.69) is 5.32 Å². The number of morpholine rings is 1. The highest BCUT2D eigenvalue weighted by Gasteiger charge is 2.37. The van der Waals surface area contributed by atoms with Gasteiger partial charge in [0.05, 0.1) is 24.0 Å². The molecule has 0 radical (unpaired) electrons. The average molecular weight is 429 g/mol. The Morgan fingerprint density at radius 3 is 2.28 bits per heavy atom. The molecule has 0 saturated carbocycles. The van der Waals surface area contributed by atoms with Gasteiger partial charge in [-0.25, -0.2) is 0 Å². The Bertz CT molecular complexity index is 809. The first-order valence-electron chi connectivity index (χ1n) is 9.71. The molecule has 2 aliphatic rings. The Hall–Kier alpha value is -1.95. The minimum atomic E-state index is -3.60. The fraction of sp³-hybridized carbons (Fsp3) is 0.667. The van der Waals surface area contributed by atoms with E-state index in [0.29, 0.717) is 18.7 Å². The Kier molecular flexibility index (Phi) is 6.62. The first-order valence-corrected chi connectivity index (χ1v) is 11.1. The second-order valence-corrected chi connectivity index (χ2v) is 9.44. The molecule has 0 bridgehead atoms. The van der Waals surface area contributed by atoms with Gasteiger partial charge >= 0.3 is 0 Å². The third-order valence-corrected chi connectivity index (χ3v) is 7.06. The molecule has 1 aromatic heterocycles. The summed E-state index contributed by atoms with van der Waals surface area (Å²) < 4.78 is 39.2. The second kappa shape index (κ2) is 8.82. The monoisotopic (exact) mass is 428 g/mol. The summed E-state index contributed by atoms with van der Waals surface area (Å²) in [5.74, 6) is -0.635. The Morgan fingerprint density at radius 2 is 1.72 bits per heavy atom. The van der Waals surface area contributed by atoms with Crippen LogP contribution in [0.3, 0.4) is 0 Å². The molecule has 3 atom stereocenters. The number of ether oxygens (including phenoxy) is 1. The molecule has 2 amide bonds. The summed E-state index contributed by atoms with van der Waals surface area (Å²) in [6.07, 6.45) is 2.38. The molecule has 2 saturated heterocycles. The van der Waals surface area contributed by atoms with Crippen molar-refractivity contribution in [3.05, 3.63) is 24.2 Å². The van der Waals surface area contributed by atoms with Crippen molar-refractivity contribution in [1.29, 1.82) is 0 Å². The van der Waals surface area contributed by atoms with Crippen molar-refractivity contribution < 1.29 is 27.2 Å². The lowest BCUT2D eigenvalue weighted by Crippen LogP contribution is -2.59. The molecule has 3 unspecified atom stereocenters. The maximum absolute atomic E-state index is 12.9. The number of amides is 2. The number of carbonyl (C=O) groups is 2. The topological polar surface area (TPSA) is 112 Å². The van der Waals surface area contributed by atoms with Crippen molar-refractivity contribution in [2.24, 2.45) is 0 Å². The van der Waals surface area contributed by atoms with Crippen molar-refractivity contribution in [3.8, 4) is 0 Å². The Morgan fingerprint density at radius 1 is 1.10 bits per heavy atom. The molecule has 11 heteroatoms. The lowest BCUT2D eigenvalue weighted by Gasteiger charge is -2.40. The number of piperazine rings is 1. The summed E-state index contributed by atoms with van der Waals surface area (Å²) >= 11 is 0. The van der Waals surface area contributed by atoms with Gasteiger partial charge in [0.25, 0.3) is 16.1 Å². The van der Waals surface area contributed by atoms with Crippen LogP contribution < -0.4 is 5.32 Å². The summed E-state index contributed by atoms with van der Waals surface area (Å²) in [5, 5.41) is 2.64. The molecule has 0 aliphatic carbocycles. The zero-order valence-corrected chi connectivity index (χ0v) is 17.7. The molecular formula is C18H28N4O6S. The summed E-state index contributed by atoms with van der Waals surface area (Å²) in [5.41, 5.74) is 0.342. The normalized spacial score (nSPS) is 25.6. The fourth-order valence-corrected chi connectivity index (χ4v) is 5.38. The molecule has 0 aromatic carbocycles. The number of nitrogens with one attached hydrogen (secondary N) is 1. The highest BCUT2D eigenvalue weighted by molar-refractivity contribution is 7.86. The molecule has 2 aliphatic heterocycles. The molecule has 3 heterocycles. The smallest absolute Gasteiger partial charge is 0.282 e. The maximum atomic E-state index is 12.9. The fourth-order valence-electron chi connectivity index (χ4n) is 3.63. The van der Waals surface area contributed by atoms with Crippen molar-refractivity contribution in [3.63, 3.8) is 0 Å². The molecule has 0 spiro atoms. The Labute approximate surface area is 170 Å². The van der Waals surface area contributed by atoms with Crippen LogP contribution in [0.15, 0.2) is 23.0 Å². The maximum Gasteiger partial charge on any atom is 0.282 e. The molecule has 1 N–H and O–H groups in total. The SMILES string of the molecule is CC1CN(S(=O)(=O)N2CCN(C(=O)C(C)NC(=O)c3ccoc3)CC2)CC(C)O1. The molecule has 162 valence electrons. The van der Waals surface area contributed by atoms with Crippen LogP contribution >= 0.6 is 0 Å². The van der Waals surface area contributed by atoms with E-state index in [1.54, 1.807) is 11.8 Å². The predicted octanol–water partition coefficient (Wildman–Crippen LogP) is -0.104. The van der Waals surface area contributed by atoms with Gasteiger partial charge in [0.2, 0.25) is 5.91 Å². The van der Waals surface area contributed by atoms with Crippen LogP contribution in [0.2, 0.25) is 0 Å². The third kappa shape index (κ3) is 4.97. The van der Waals surface area contributed by atoms with Gasteiger partial charge in [0.15, 0.2) is 0 Å². The number of nitrogens with zero attached hydrogens (tertiary/aromatic N) is 3. The Balaban J connectivity index is 1.54. The third-order valence-electron chi connectivity index (χ3n) is 5.09. The van der Waals surface area contributed by atoms with Gasteiger partial charge in [0.1, 0.15) is 12.3 Å². The lowest BCUT2D eigenvalue weighted by atomic mass is 10.2. The first-order chi connectivity index (χ1) is 13.7. The van der Waals surface area contributed by atoms with Crippen molar-refractivity contribution in [2.75, 3.05) is 39.3 Å². The van der Waals surface area contributed by atoms with E-state index in [-0.39, 0.29) is 44.3 Å². The van der Waals surface area contributed by atoms with Crippen LogP contribution in [0.1, 0.15) is 31.1 Å². The predicted molar refractivity (Wildman–Crippen MR) is 104 cm³/mol. The van der Waals surface area contributed by atoms with Crippen LogP contribution in [0.5, 0.6) is 0 Å². The summed E-state index contributed by atoms with van der Waals surface area (Å²) in [4.78, 5) is 26.3. The van der Waals surface area contributed by atoms with Gasteiger partial charge in [-0.2, -0.15) is 17.0 Å². The average Bonchev–Trinajstić information content (AvgIpc) is 3.21. The summed E-state index contributed by atoms with van der Waals surface area (Å²) in [6.45, 7) is 6.96. The zero-order chi connectivity index (χ0) is 21.2. The highest BCUT2D eigenvalue weighted by atomic mass is 32.2. The lowest BCUT2D eigenvalue weighted by molar-refractivity contribution is -0.134. The van der Waals surface area contributed by atoms with E-state index in [1.807, 2.05) is 13.8 Å². The van der Waals surface area contributed by atoms with E-state index in [4.69, 9.17) is 9.15 Å². The molecule has 1 aromatic rings. The summed E-state index contributed by atoms with van der Waals surface area (Å²) in [7, 11) is -3.60. The van der Waals surface area contributed by atoms with Crippen LogP contribution in [0, 0.1) is 0 Å². The van der Waals surface area contributed by atoms with Gasteiger partial charge < -0.3 is 19.4 Å². The zero-order valence-electron chi connectivity index (χ0n) is 16.9. The molecule has 3 rings (SSSR count). The van der Waals surface area contributed by atoms with E-state index in [9.17, 15) is 18.0 Å². The molecular weight excluding hydrogens is 400 g/mol. The highest BCUT2D eigenvalue weighted by Crippen LogP contribution is 2.19. The van der Waals surface area contributed by atoms with Crippen molar-refractivity contribution >= 4 is 22.0 Å². The second-order valence-electron chi connectivity index (χ2n) is 7.51. The van der Waals surface area contributed by atoms with E-state index < -0.39 is 22.2 Å². The number of rotatable bonds is 5. The number of furan rings is 1. The van der Waals surface area contributed by atoms with Gasteiger partial charge in [-0.05, 0) is 26.8 Å². The molecule has 10 nitrogen and oxygen atoms in total. The van der Waals surface area contributed by atoms with Crippen LogP contribution in [0.4, 0.5) is 0 Å². The minimum Gasteiger partial charge on any atom is -0.472 e. The summed E-state index contributed by atoms with van der Waals surface area (Å²) in [6, 6.07) is 0.797. The quantitative estimate of drug-likeness (QED) is 0.701. The van der Waals surface area contributed by atoms with E-state index in [0.717, 1.165) is 0 Å². The van der Waals surface area contributed by atoms with Gasteiger partial charge in [-0.1, -0.05) is 0 Å². The van der Waals surface area contributed by atoms with Crippen molar-refractivity contribution in [2.45, 2.75) is 39.0 Å². The van der Waals surface area contributed by atoms with Gasteiger partial charge in [0, 0.05) is 39.3 Å². The van der Waals surface area contributed by atoms with E-state index in [1.165, 1.54) is 27.2 Å². The minimum absolute atomic E-state index is 0.156. The first kappa shape index (κ1) is 21.8.